The van der Waals surface area contributed by atoms with Crippen LogP contribution in [0, 0.1) is 5.82 Å². The van der Waals surface area contributed by atoms with Crippen LogP contribution in [0.5, 0.6) is 0 Å². The summed E-state index contributed by atoms with van der Waals surface area (Å²) in [5.74, 6) is -0.616. The van der Waals surface area contributed by atoms with Crippen molar-refractivity contribution in [2.75, 3.05) is 6.26 Å². The molecule has 5 heteroatoms. The van der Waals surface area contributed by atoms with E-state index in [9.17, 15) is 12.8 Å². The van der Waals surface area contributed by atoms with Gasteiger partial charge in [-0.1, -0.05) is 12.1 Å². The number of halogens is 1. The maximum atomic E-state index is 12.9. The van der Waals surface area contributed by atoms with E-state index in [1.807, 2.05) is 0 Å². The van der Waals surface area contributed by atoms with E-state index in [1.165, 1.54) is 12.1 Å². The van der Waals surface area contributed by atoms with Crippen molar-refractivity contribution in [3.8, 4) is 0 Å². The quantitative estimate of drug-likeness (QED) is 0.810. The summed E-state index contributed by atoms with van der Waals surface area (Å²) in [6.45, 7) is 0. The van der Waals surface area contributed by atoms with Gasteiger partial charge in [0.25, 0.3) is 0 Å². The molecule has 15 heavy (non-hydrogen) atoms. The van der Waals surface area contributed by atoms with Crippen LogP contribution in [0.3, 0.4) is 0 Å². The Morgan fingerprint density at radius 3 is 2.53 bits per heavy atom. The monoisotopic (exact) mass is 229 g/mol. The first-order chi connectivity index (χ1) is 6.91. The molecule has 1 aliphatic rings. The second-order valence-electron chi connectivity index (χ2n) is 3.95. The summed E-state index contributed by atoms with van der Waals surface area (Å²) in [7, 11) is -3.14. The highest BCUT2D eigenvalue weighted by atomic mass is 32.2. The van der Waals surface area contributed by atoms with E-state index in [0.717, 1.165) is 6.26 Å². The summed E-state index contributed by atoms with van der Waals surface area (Å²) >= 11 is 0. The molecule has 2 rings (SSSR count). The lowest BCUT2D eigenvalue weighted by Gasteiger charge is -1.98. The first-order valence-electron chi connectivity index (χ1n) is 4.61. The molecule has 0 saturated heterocycles. The molecule has 1 aromatic rings. The standard InChI is InChI=1S/C10H12FNO2S/c1-15(13,14)10-8(9(10)12)6-3-2-4-7(11)5-6/h2-5,8-10H,12H2,1H3. The minimum Gasteiger partial charge on any atom is -0.326 e. The molecule has 0 heterocycles. The van der Waals surface area contributed by atoms with Crippen LogP contribution in [-0.2, 0) is 9.84 Å². The van der Waals surface area contributed by atoms with Gasteiger partial charge in [-0.3, -0.25) is 0 Å². The molecule has 0 aliphatic heterocycles. The molecular weight excluding hydrogens is 217 g/mol. The Morgan fingerprint density at radius 2 is 2.07 bits per heavy atom. The maximum Gasteiger partial charge on any atom is 0.152 e. The van der Waals surface area contributed by atoms with Crippen LogP contribution in [0.4, 0.5) is 4.39 Å². The van der Waals surface area contributed by atoms with Gasteiger partial charge in [0.15, 0.2) is 9.84 Å². The normalized spacial score (nSPS) is 30.2. The third-order valence-corrected chi connectivity index (χ3v) is 4.33. The Morgan fingerprint density at radius 1 is 1.40 bits per heavy atom. The highest BCUT2D eigenvalue weighted by Gasteiger charge is 2.54. The average molecular weight is 229 g/mol. The van der Waals surface area contributed by atoms with Gasteiger partial charge >= 0.3 is 0 Å². The van der Waals surface area contributed by atoms with Gasteiger partial charge < -0.3 is 5.73 Å². The van der Waals surface area contributed by atoms with E-state index in [1.54, 1.807) is 12.1 Å². The van der Waals surface area contributed by atoms with Gasteiger partial charge in [0.05, 0.1) is 5.25 Å². The number of benzene rings is 1. The fourth-order valence-corrected chi connectivity index (χ4v) is 3.50. The molecule has 1 aliphatic carbocycles. The lowest BCUT2D eigenvalue weighted by molar-refractivity contribution is 0.599. The van der Waals surface area contributed by atoms with Gasteiger partial charge in [0, 0.05) is 18.2 Å². The average Bonchev–Trinajstić information content (AvgIpc) is 2.76. The van der Waals surface area contributed by atoms with Crippen molar-refractivity contribution in [3.63, 3.8) is 0 Å². The van der Waals surface area contributed by atoms with Crippen molar-refractivity contribution in [2.24, 2.45) is 5.73 Å². The maximum absolute atomic E-state index is 12.9. The molecule has 3 atom stereocenters. The van der Waals surface area contributed by atoms with E-state index in [4.69, 9.17) is 5.73 Å². The number of hydrogen-bond donors (Lipinski definition) is 1. The van der Waals surface area contributed by atoms with Crippen LogP contribution >= 0.6 is 0 Å². The summed E-state index contributed by atoms with van der Waals surface area (Å²) in [5.41, 5.74) is 6.34. The third-order valence-electron chi connectivity index (χ3n) is 2.74. The van der Waals surface area contributed by atoms with Crippen LogP contribution < -0.4 is 5.73 Å². The molecule has 0 aromatic heterocycles. The molecule has 1 aromatic carbocycles. The van der Waals surface area contributed by atoms with E-state index >= 15 is 0 Å². The van der Waals surface area contributed by atoms with Crippen molar-refractivity contribution in [1.29, 1.82) is 0 Å². The van der Waals surface area contributed by atoms with E-state index < -0.39 is 21.1 Å². The van der Waals surface area contributed by atoms with Gasteiger partial charge in [0.1, 0.15) is 5.82 Å². The minimum atomic E-state index is -3.14. The van der Waals surface area contributed by atoms with Gasteiger partial charge in [-0.2, -0.15) is 0 Å². The van der Waals surface area contributed by atoms with Crippen LogP contribution in [0.1, 0.15) is 11.5 Å². The number of nitrogens with two attached hydrogens (primary N) is 1. The lowest BCUT2D eigenvalue weighted by atomic mass is 10.1. The van der Waals surface area contributed by atoms with Crippen molar-refractivity contribution in [1.82, 2.24) is 0 Å². The highest BCUT2D eigenvalue weighted by molar-refractivity contribution is 7.91. The SMILES string of the molecule is CS(=O)(=O)C1C(N)C1c1cccc(F)c1. The Bertz CT molecular complexity index is 486. The van der Waals surface area contributed by atoms with Crippen LogP contribution in [0.25, 0.3) is 0 Å². The molecule has 1 fully saturated rings. The van der Waals surface area contributed by atoms with Crippen molar-refractivity contribution in [2.45, 2.75) is 17.2 Å². The topological polar surface area (TPSA) is 60.2 Å². The summed E-state index contributed by atoms with van der Waals surface area (Å²) in [6, 6.07) is 5.54. The molecule has 0 bridgehead atoms. The first-order valence-corrected chi connectivity index (χ1v) is 6.56. The third kappa shape index (κ3) is 1.89. The fourth-order valence-electron chi connectivity index (χ4n) is 1.98. The summed E-state index contributed by atoms with van der Waals surface area (Å²) in [6.07, 6.45) is 1.16. The molecule has 1 saturated carbocycles. The zero-order valence-corrected chi connectivity index (χ0v) is 9.04. The summed E-state index contributed by atoms with van der Waals surface area (Å²) < 4.78 is 35.5. The Hall–Kier alpha value is -0.940. The highest BCUT2D eigenvalue weighted by Crippen LogP contribution is 2.44. The molecule has 2 N–H and O–H groups in total. The van der Waals surface area contributed by atoms with Crippen molar-refractivity contribution < 1.29 is 12.8 Å². The lowest BCUT2D eigenvalue weighted by Crippen LogP contribution is -2.13. The molecular formula is C10H12FNO2S. The van der Waals surface area contributed by atoms with Crippen LogP contribution in [0.2, 0.25) is 0 Å². The van der Waals surface area contributed by atoms with Gasteiger partial charge in [-0.05, 0) is 17.7 Å². The number of rotatable bonds is 2. The van der Waals surface area contributed by atoms with Gasteiger partial charge in [-0.15, -0.1) is 0 Å². The zero-order valence-electron chi connectivity index (χ0n) is 8.22. The second-order valence-corrected chi connectivity index (χ2v) is 6.16. The molecule has 0 amide bonds. The van der Waals surface area contributed by atoms with Gasteiger partial charge in [0.2, 0.25) is 0 Å². The van der Waals surface area contributed by atoms with Crippen LogP contribution in [0.15, 0.2) is 24.3 Å². The van der Waals surface area contributed by atoms with E-state index in [2.05, 4.69) is 0 Å². The largest absolute Gasteiger partial charge is 0.326 e. The molecule has 82 valence electrons. The number of sulfone groups is 1. The summed E-state index contributed by atoms with van der Waals surface area (Å²) in [4.78, 5) is 0. The molecule has 0 spiro atoms. The van der Waals surface area contributed by atoms with Crippen molar-refractivity contribution >= 4 is 9.84 Å². The van der Waals surface area contributed by atoms with Crippen molar-refractivity contribution in [3.05, 3.63) is 35.6 Å². The Balaban J connectivity index is 2.29. The Labute approximate surface area is 88.0 Å². The van der Waals surface area contributed by atoms with Gasteiger partial charge in [-0.25, -0.2) is 12.8 Å². The predicted molar refractivity (Wildman–Crippen MR) is 55.7 cm³/mol. The van der Waals surface area contributed by atoms with E-state index in [0.29, 0.717) is 5.56 Å². The molecule has 3 nitrogen and oxygen atoms in total. The second kappa shape index (κ2) is 3.28. The fraction of sp³-hybridized carbons (Fsp3) is 0.400. The van der Waals surface area contributed by atoms with E-state index in [-0.39, 0.29) is 11.7 Å². The smallest absolute Gasteiger partial charge is 0.152 e. The number of hydrogen-bond acceptors (Lipinski definition) is 3. The van der Waals surface area contributed by atoms with Crippen LogP contribution in [-0.4, -0.2) is 26.0 Å². The molecule has 0 radical (unpaired) electrons. The predicted octanol–water partition coefficient (Wildman–Crippen LogP) is 0.663. The summed E-state index contributed by atoms with van der Waals surface area (Å²) in [5, 5.41) is -0.556. The molecule has 3 unspecified atom stereocenters. The zero-order chi connectivity index (χ0) is 11.2. The first kappa shape index (κ1) is 10.6. The Kier molecular flexibility index (Phi) is 2.31. The minimum absolute atomic E-state index is 0.254.